The van der Waals surface area contributed by atoms with Crippen molar-refractivity contribution < 1.29 is 0 Å². The van der Waals surface area contributed by atoms with E-state index in [1.54, 1.807) is 0 Å². The Hall–Kier alpha value is -0.530. The summed E-state index contributed by atoms with van der Waals surface area (Å²) in [5, 5.41) is 4.37. The minimum atomic E-state index is 0.589. The van der Waals surface area contributed by atoms with Crippen molar-refractivity contribution in [3.63, 3.8) is 0 Å². The van der Waals surface area contributed by atoms with Crippen LogP contribution in [-0.2, 0) is 0 Å². The first-order chi connectivity index (χ1) is 7.66. The fourth-order valence-electron chi connectivity index (χ4n) is 2.35. The molecule has 2 rings (SSSR count). The molecule has 2 heteroatoms. The molecular formula is C14H20ClN. The van der Waals surface area contributed by atoms with E-state index in [0.717, 1.165) is 23.4 Å². The lowest BCUT2D eigenvalue weighted by Gasteiger charge is -2.37. The zero-order valence-corrected chi connectivity index (χ0v) is 10.8. The quantitative estimate of drug-likeness (QED) is 0.839. The van der Waals surface area contributed by atoms with E-state index in [1.165, 1.54) is 18.4 Å². The summed E-state index contributed by atoms with van der Waals surface area (Å²) in [4.78, 5) is 0. The Morgan fingerprint density at radius 3 is 2.44 bits per heavy atom. The molecule has 2 atom stereocenters. The molecule has 0 aliphatic heterocycles. The maximum Gasteiger partial charge on any atom is 0.0406 e. The van der Waals surface area contributed by atoms with Crippen LogP contribution in [0.25, 0.3) is 0 Å². The molecule has 0 radical (unpaired) electrons. The third-order valence-electron chi connectivity index (χ3n) is 3.50. The van der Waals surface area contributed by atoms with E-state index < -0.39 is 0 Å². The van der Waals surface area contributed by atoms with E-state index in [2.05, 4.69) is 31.3 Å². The van der Waals surface area contributed by atoms with Crippen LogP contribution < -0.4 is 5.32 Å². The predicted molar refractivity (Wildman–Crippen MR) is 70.1 cm³/mol. The van der Waals surface area contributed by atoms with Crippen LogP contribution in [0.15, 0.2) is 24.3 Å². The second kappa shape index (κ2) is 5.20. The van der Waals surface area contributed by atoms with Gasteiger partial charge in [-0.2, -0.15) is 0 Å². The number of rotatable bonds is 4. The Bertz CT molecular complexity index is 331. The molecule has 2 unspecified atom stereocenters. The van der Waals surface area contributed by atoms with E-state index in [0.29, 0.717) is 6.04 Å². The summed E-state index contributed by atoms with van der Waals surface area (Å²) in [5.74, 6) is 1.55. The van der Waals surface area contributed by atoms with Crippen LogP contribution in [0.3, 0.4) is 0 Å². The largest absolute Gasteiger partial charge is 0.314 e. The first kappa shape index (κ1) is 11.9. The Balaban J connectivity index is 1.92. The van der Waals surface area contributed by atoms with Crippen LogP contribution in [0.2, 0.25) is 5.02 Å². The maximum atomic E-state index is 5.90. The number of hydrogen-bond donors (Lipinski definition) is 1. The van der Waals surface area contributed by atoms with Crippen LogP contribution in [-0.4, -0.2) is 12.6 Å². The molecule has 16 heavy (non-hydrogen) atoms. The molecule has 0 aromatic heterocycles. The zero-order valence-electron chi connectivity index (χ0n) is 10.0. The van der Waals surface area contributed by atoms with Gasteiger partial charge in [-0.1, -0.05) is 37.6 Å². The highest BCUT2D eigenvalue weighted by atomic mass is 35.5. The van der Waals surface area contributed by atoms with Crippen LogP contribution >= 0.6 is 11.6 Å². The van der Waals surface area contributed by atoms with Crippen molar-refractivity contribution in [1.82, 2.24) is 5.32 Å². The first-order valence-electron chi connectivity index (χ1n) is 6.15. The molecule has 1 N–H and O–H groups in total. The van der Waals surface area contributed by atoms with Gasteiger partial charge in [-0.05, 0) is 48.9 Å². The molecule has 1 nitrogen and oxygen atoms in total. The van der Waals surface area contributed by atoms with Crippen molar-refractivity contribution in [1.29, 1.82) is 0 Å². The van der Waals surface area contributed by atoms with Gasteiger partial charge in [-0.3, -0.25) is 0 Å². The summed E-state index contributed by atoms with van der Waals surface area (Å²) in [5.41, 5.74) is 1.45. The monoisotopic (exact) mass is 237 g/mol. The molecule has 1 aliphatic carbocycles. The summed E-state index contributed by atoms with van der Waals surface area (Å²) in [7, 11) is 0. The molecule has 0 saturated heterocycles. The van der Waals surface area contributed by atoms with Gasteiger partial charge in [0.1, 0.15) is 0 Å². The van der Waals surface area contributed by atoms with Crippen molar-refractivity contribution in [3.8, 4) is 0 Å². The third kappa shape index (κ3) is 2.78. The predicted octanol–water partition coefficient (Wildman–Crippen LogP) is 3.83. The minimum absolute atomic E-state index is 0.589. The first-order valence-corrected chi connectivity index (χ1v) is 6.53. The van der Waals surface area contributed by atoms with Crippen molar-refractivity contribution >= 4 is 11.6 Å². The van der Waals surface area contributed by atoms with Gasteiger partial charge < -0.3 is 5.32 Å². The number of nitrogens with one attached hydrogen (secondary N) is 1. The smallest absolute Gasteiger partial charge is 0.0406 e. The lowest BCUT2D eigenvalue weighted by molar-refractivity contribution is 0.241. The van der Waals surface area contributed by atoms with Crippen LogP contribution in [0.4, 0.5) is 0 Å². The molecule has 1 aromatic rings. The third-order valence-corrected chi connectivity index (χ3v) is 3.76. The fraction of sp³-hybridized carbons (Fsp3) is 0.571. The van der Waals surface area contributed by atoms with E-state index in [1.807, 2.05) is 12.1 Å². The average molecular weight is 238 g/mol. The molecule has 1 aliphatic rings. The lowest BCUT2D eigenvalue weighted by atomic mass is 9.70. The van der Waals surface area contributed by atoms with Gasteiger partial charge in [0.2, 0.25) is 0 Å². The second-order valence-corrected chi connectivity index (χ2v) is 5.49. The Morgan fingerprint density at radius 2 is 1.94 bits per heavy atom. The minimum Gasteiger partial charge on any atom is -0.314 e. The molecule has 88 valence electrons. The van der Waals surface area contributed by atoms with Crippen LogP contribution in [0.5, 0.6) is 0 Å². The van der Waals surface area contributed by atoms with Gasteiger partial charge in [0.25, 0.3) is 0 Å². The highest BCUT2D eigenvalue weighted by Crippen LogP contribution is 2.42. The summed E-state index contributed by atoms with van der Waals surface area (Å²) in [6.45, 7) is 5.55. The van der Waals surface area contributed by atoms with Gasteiger partial charge in [0, 0.05) is 11.1 Å². The van der Waals surface area contributed by atoms with Gasteiger partial charge in [-0.25, -0.2) is 0 Å². The molecule has 0 bridgehead atoms. The van der Waals surface area contributed by atoms with E-state index in [4.69, 9.17) is 11.6 Å². The number of benzene rings is 1. The highest BCUT2D eigenvalue weighted by molar-refractivity contribution is 6.30. The molecule has 0 heterocycles. The van der Waals surface area contributed by atoms with Gasteiger partial charge in [0.15, 0.2) is 0 Å². The van der Waals surface area contributed by atoms with Crippen molar-refractivity contribution in [2.45, 2.75) is 38.6 Å². The fourth-order valence-corrected chi connectivity index (χ4v) is 2.48. The molecular weight excluding hydrogens is 218 g/mol. The summed E-state index contributed by atoms with van der Waals surface area (Å²) in [6.07, 6.45) is 2.68. The maximum absolute atomic E-state index is 5.90. The number of hydrogen-bond acceptors (Lipinski definition) is 1. The van der Waals surface area contributed by atoms with Crippen molar-refractivity contribution in [2.24, 2.45) is 5.92 Å². The molecule has 0 amide bonds. The topological polar surface area (TPSA) is 12.0 Å². The SMILES string of the molecule is CC(C)NCC1CCC1c1ccc(Cl)cc1. The van der Waals surface area contributed by atoms with Crippen LogP contribution in [0, 0.1) is 5.92 Å². The molecule has 0 spiro atoms. The Morgan fingerprint density at radius 1 is 1.25 bits per heavy atom. The zero-order chi connectivity index (χ0) is 11.5. The summed E-state index contributed by atoms with van der Waals surface area (Å²) < 4.78 is 0. The summed E-state index contributed by atoms with van der Waals surface area (Å²) >= 11 is 5.90. The van der Waals surface area contributed by atoms with Crippen molar-refractivity contribution in [2.75, 3.05) is 6.54 Å². The molecule has 1 saturated carbocycles. The van der Waals surface area contributed by atoms with Gasteiger partial charge in [-0.15, -0.1) is 0 Å². The molecule has 1 aromatic carbocycles. The Kier molecular flexibility index (Phi) is 3.88. The van der Waals surface area contributed by atoms with Gasteiger partial charge >= 0.3 is 0 Å². The molecule has 1 fully saturated rings. The van der Waals surface area contributed by atoms with E-state index in [9.17, 15) is 0 Å². The normalized spacial score (nSPS) is 24.5. The van der Waals surface area contributed by atoms with Crippen LogP contribution in [0.1, 0.15) is 38.2 Å². The van der Waals surface area contributed by atoms with Crippen molar-refractivity contribution in [3.05, 3.63) is 34.9 Å². The summed E-state index contributed by atoms with van der Waals surface area (Å²) in [6, 6.07) is 8.94. The number of halogens is 1. The van der Waals surface area contributed by atoms with Gasteiger partial charge in [0.05, 0.1) is 0 Å². The Labute approximate surface area is 103 Å². The average Bonchev–Trinajstić information content (AvgIpc) is 2.19. The van der Waals surface area contributed by atoms with E-state index >= 15 is 0 Å². The lowest BCUT2D eigenvalue weighted by Crippen LogP contribution is -2.36. The van der Waals surface area contributed by atoms with E-state index in [-0.39, 0.29) is 0 Å². The second-order valence-electron chi connectivity index (χ2n) is 5.06. The standard InChI is InChI=1S/C14H20ClN/c1-10(2)16-9-12-5-8-14(12)11-3-6-13(15)7-4-11/h3-4,6-7,10,12,14,16H,5,8-9H2,1-2H3. The highest BCUT2D eigenvalue weighted by Gasteiger charge is 2.31.